The van der Waals surface area contributed by atoms with E-state index in [0.717, 1.165) is 61.6 Å². The van der Waals surface area contributed by atoms with Crippen LogP contribution in [0.2, 0.25) is 0 Å². The van der Waals surface area contributed by atoms with Gasteiger partial charge in [0.1, 0.15) is 17.5 Å². The summed E-state index contributed by atoms with van der Waals surface area (Å²) in [7, 11) is 0. The molecule has 1 N–H and O–H groups in total. The van der Waals surface area contributed by atoms with E-state index in [9.17, 15) is 4.39 Å². The molecule has 0 radical (unpaired) electrons. The molecule has 0 bridgehead atoms. The van der Waals surface area contributed by atoms with E-state index in [1.165, 1.54) is 12.1 Å². The van der Waals surface area contributed by atoms with Crippen molar-refractivity contribution >= 4 is 11.0 Å². The Morgan fingerprint density at radius 3 is 3.08 bits per heavy atom. The maximum Gasteiger partial charge on any atom is 0.148 e. The summed E-state index contributed by atoms with van der Waals surface area (Å²) in [6.45, 7) is 4.75. The molecule has 1 aliphatic rings. The van der Waals surface area contributed by atoms with Gasteiger partial charge >= 0.3 is 0 Å². The molecule has 1 fully saturated rings. The minimum absolute atomic E-state index is 0.238. The number of aromatic nitrogens is 6. The number of aryl methyl sites for hydroxylation is 2. The highest BCUT2D eigenvalue weighted by molar-refractivity contribution is 5.75. The molecule has 8 heteroatoms. The second-order valence-corrected chi connectivity index (χ2v) is 6.28. The predicted molar refractivity (Wildman–Crippen MR) is 86.8 cm³/mol. The highest BCUT2D eigenvalue weighted by Crippen LogP contribution is 2.31. The molecule has 1 aromatic carbocycles. The Bertz CT molecular complexity index is 840. The zero-order valence-corrected chi connectivity index (χ0v) is 13.6. The number of likely N-dealkylation sites (tertiary alicyclic amines) is 1. The fraction of sp³-hybridized carbons (Fsp3) is 0.500. The third-order valence-electron chi connectivity index (χ3n) is 4.67. The lowest BCUT2D eigenvalue weighted by molar-refractivity contribution is 0.240. The number of fused-ring (bicyclic) bond motifs is 1. The predicted octanol–water partition coefficient (Wildman–Crippen LogP) is 2.22. The van der Waals surface area contributed by atoms with Crippen LogP contribution in [0.1, 0.15) is 37.0 Å². The van der Waals surface area contributed by atoms with Gasteiger partial charge in [0.25, 0.3) is 0 Å². The molecule has 7 nitrogen and oxygen atoms in total. The van der Waals surface area contributed by atoms with Gasteiger partial charge < -0.3 is 4.98 Å². The van der Waals surface area contributed by atoms with Crippen molar-refractivity contribution in [1.29, 1.82) is 0 Å². The van der Waals surface area contributed by atoms with E-state index in [1.807, 2.05) is 11.6 Å². The number of benzene rings is 1. The summed E-state index contributed by atoms with van der Waals surface area (Å²) in [5.41, 5.74) is 1.59. The lowest BCUT2D eigenvalue weighted by Crippen LogP contribution is -2.26. The molecule has 2 aromatic heterocycles. The van der Waals surface area contributed by atoms with Crippen LogP contribution in [0, 0.1) is 12.7 Å². The van der Waals surface area contributed by atoms with Crippen molar-refractivity contribution in [2.75, 3.05) is 13.1 Å². The van der Waals surface area contributed by atoms with Gasteiger partial charge in [0.15, 0.2) is 0 Å². The molecule has 3 heterocycles. The fourth-order valence-electron chi connectivity index (χ4n) is 3.44. The maximum absolute atomic E-state index is 13.4. The second kappa shape index (κ2) is 6.27. The number of imidazole rings is 1. The number of hydrogen-bond donors (Lipinski definition) is 1. The minimum Gasteiger partial charge on any atom is -0.341 e. The van der Waals surface area contributed by atoms with Crippen molar-refractivity contribution in [2.24, 2.45) is 0 Å². The zero-order valence-electron chi connectivity index (χ0n) is 13.6. The molecule has 0 amide bonds. The normalized spacial score (nSPS) is 18.7. The Kier molecular flexibility index (Phi) is 3.97. The van der Waals surface area contributed by atoms with Gasteiger partial charge in [-0.15, -0.1) is 5.10 Å². The topological polar surface area (TPSA) is 75.5 Å². The number of halogens is 1. The molecular formula is C16H20FN7. The molecule has 3 aromatic rings. The lowest BCUT2D eigenvalue weighted by Gasteiger charge is -2.22. The van der Waals surface area contributed by atoms with Gasteiger partial charge in [-0.1, -0.05) is 0 Å². The van der Waals surface area contributed by atoms with Crippen LogP contribution in [0.4, 0.5) is 4.39 Å². The first-order valence-corrected chi connectivity index (χ1v) is 8.33. The number of rotatable bonds is 5. The highest BCUT2D eigenvalue weighted by atomic mass is 19.1. The van der Waals surface area contributed by atoms with Crippen molar-refractivity contribution in [3.63, 3.8) is 0 Å². The lowest BCUT2D eigenvalue weighted by atomic mass is 10.2. The van der Waals surface area contributed by atoms with E-state index in [0.29, 0.717) is 0 Å². The van der Waals surface area contributed by atoms with Crippen molar-refractivity contribution in [3.05, 3.63) is 35.7 Å². The molecule has 0 saturated carbocycles. The van der Waals surface area contributed by atoms with Crippen molar-refractivity contribution < 1.29 is 4.39 Å². The summed E-state index contributed by atoms with van der Waals surface area (Å²) in [5, 5.41) is 11.6. The Balaban J connectivity index is 1.44. The first-order chi connectivity index (χ1) is 11.7. The molecule has 0 aliphatic carbocycles. The van der Waals surface area contributed by atoms with E-state index in [-0.39, 0.29) is 11.9 Å². The van der Waals surface area contributed by atoms with Crippen molar-refractivity contribution in [2.45, 2.75) is 38.8 Å². The second-order valence-electron chi connectivity index (χ2n) is 6.28. The van der Waals surface area contributed by atoms with Crippen molar-refractivity contribution in [1.82, 2.24) is 35.1 Å². The van der Waals surface area contributed by atoms with E-state index in [2.05, 4.69) is 30.4 Å². The largest absolute Gasteiger partial charge is 0.341 e. The SMILES string of the molecule is Cc1nnnn1CCCN1CCC[C@@H]1c1nc2ccc(F)cc2[nH]1. The maximum atomic E-state index is 13.4. The van der Waals surface area contributed by atoms with E-state index < -0.39 is 0 Å². The van der Waals surface area contributed by atoms with Gasteiger partial charge in [-0.05, 0) is 61.4 Å². The Hall–Kier alpha value is -2.35. The fourth-order valence-corrected chi connectivity index (χ4v) is 3.44. The number of aromatic amines is 1. The van der Waals surface area contributed by atoms with Crippen LogP contribution in [0.25, 0.3) is 11.0 Å². The molecule has 0 spiro atoms. The first kappa shape index (κ1) is 15.2. The monoisotopic (exact) mass is 329 g/mol. The number of nitrogens with zero attached hydrogens (tertiary/aromatic N) is 6. The van der Waals surface area contributed by atoms with Crippen LogP contribution >= 0.6 is 0 Å². The molecule has 1 atom stereocenters. The Morgan fingerprint density at radius 1 is 1.33 bits per heavy atom. The molecule has 0 unspecified atom stereocenters. The quantitative estimate of drug-likeness (QED) is 0.777. The number of nitrogens with one attached hydrogen (secondary N) is 1. The molecule has 1 saturated heterocycles. The smallest absolute Gasteiger partial charge is 0.148 e. The standard InChI is InChI=1S/C16H20FN7/c1-11-20-21-22-24(11)9-3-8-23-7-2-4-15(23)16-18-13-6-5-12(17)10-14(13)19-16/h5-6,10,15H,2-4,7-9H2,1H3,(H,18,19)/t15-/m1/s1. The Labute approximate surface area is 138 Å². The van der Waals surface area contributed by atoms with Crippen LogP contribution < -0.4 is 0 Å². The number of hydrogen-bond acceptors (Lipinski definition) is 5. The summed E-state index contributed by atoms with van der Waals surface area (Å²) in [4.78, 5) is 10.4. The highest BCUT2D eigenvalue weighted by Gasteiger charge is 2.28. The van der Waals surface area contributed by atoms with Gasteiger partial charge in [0.2, 0.25) is 0 Å². The van der Waals surface area contributed by atoms with E-state index in [1.54, 1.807) is 6.07 Å². The first-order valence-electron chi connectivity index (χ1n) is 8.33. The summed E-state index contributed by atoms with van der Waals surface area (Å²) in [6, 6.07) is 4.96. The minimum atomic E-state index is -0.238. The molecular weight excluding hydrogens is 309 g/mol. The van der Waals surface area contributed by atoms with Gasteiger partial charge in [0, 0.05) is 13.1 Å². The number of tetrazole rings is 1. The van der Waals surface area contributed by atoms with Crippen LogP contribution in [-0.2, 0) is 6.54 Å². The summed E-state index contributed by atoms with van der Waals surface area (Å²) >= 11 is 0. The summed E-state index contributed by atoms with van der Waals surface area (Å²) < 4.78 is 15.2. The van der Waals surface area contributed by atoms with E-state index >= 15 is 0 Å². The Morgan fingerprint density at radius 2 is 2.25 bits per heavy atom. The average Bonchev–Trinajstić information content (AvgIpc) is 3.27. The van der Waals surface area contributed by atoms with Gasteiger partial charge in [-0.25, -0.2) is 14.1 Å². The third-order valence-corrected chi connectivity index (χ3v) is 4.67. The van der Waals surface area contributed by atoms with Crippen LogP contribution in [0.3, 0.4) is 0 Å². The van der Waals surface area contributed by atoms with Gasteiger partial charge in [-0.3, -0.25) is 4.90 Å². The summed E-state index contributed by atoms with van der Waals surface area (Å²) in [5.74, 6) is 1.54. The molecule has 1 aliphatic heterocycles. The molecule has 126 valence electrons. The van der Waals surface area contributed by atoms with Gasteiger partial charge in [0.05, 0.1) is 17.1 Å². The number of H-pyrrole nitrogens is 1. The average molecular weight is 329 g/mol. The van der Waals surface area contributed by atoms with Crippen molar-refractivity contribution in [3.8, 4) is 0 Å². The van der Waals surface area contributed by atoms with Crippen LogP contribution in [0.5, 0.6) is 0 Å². The molecule has 4 rings (SSSR count). The summed E-state index contributed by atoms with van der Waals surface area (Å²) in [6.07, 6.45) is 3.21. The van der Waals surface area contributed by atoms with Crippen LogP contribution in [-0.4, -0.2) is 48.2 Å². The third kappa shape index (κ3) is 2.89. The zero-order chi connectivity index (χ0) is 16.5. The molecule has 24 heavy (non-hydrogen) atoms. The van der Waals surface area contributed by atoms with E-state index in [4.69, 9.17) is 0 Å². The van der Waals surface area contributed by atoms with Crippen LogP contribution in [0.15, 0.2) is 18.2 Å². The van der Waals surface area contributed by atoms with Gasteiger partial charge in [-0.2, -0.15) is 0 Å².